The van der Waals surface area contributed by atoms with Gasteiger partial charge >= 0.3 is 0 Å². The van der Waals surface area contributed by atoms with Crippen LogP contribution in [0, 0.1) is 11.6 Å². The molecule has 1 aliphatic rings. The number of fused-ring (bicyclic) bond motifs is 1. The highest BCUT2D eigenvalue weighted by atomic mass is 19.1. The summed E-state index contributed by atoms with van der Waals surface area (Å²) in [6.45, 7) is 2.31. The predicted octanol–water partition coefficient (Wildman–Crippen LogP) is 2.99. The lowest BCUT2D eigenvalue weighted by atomic mass is 10.1. The fraction of sp³-hybridized carbons (Fsp3) is 0.316. The van der Waals surface area contributed by atoms with Crippen molar-refractivity contribution in [3.63, 3.8) is 0 Å². The topological polar surface area (TPSA) is 71.3 Å². The summed E-state index contributed by atoms with van der Waals surface area (Å²) in [5.74, 6) is -2.10. The van der Waals surface area contributed by atoms with Gasteiger partial charge in [-0.25, -0.2) is 23.1 Å². The smallest absolute Gasteiger partial charge is 0.168 e. The molecule has 0 radical (unpaired) electrons. The number of nitrogens with zero attached hydrogens (tertiary/aromatic N) is 3. The summed E-state index contributed by atoms with van der Waals surface area (Å²) < 4.78 is 44.3. The number of imidazole rings is 1. The number of halogens is 3. The van der Waals surface area contributed by atoms with Gasteiger partial charge in [0.1, 0.15) is 17.5 Å². The third-order valence-corrected chi connectivity index (χ3v) is 4.81. The van der Waals surface area contributed by atoms with E-state index in [9.17, 15) is 18.0 Å². The lowest BCUT2D eigenvalue weighted by molar-refractivity contribution is 0.101. The Balaban J connectivity index is 1.73. The Morgan fingerprint density at radius 2 is 2.14 bits per heavy atom. The number of piperidine rings is 1. The Kier molecular flexibility index (Phi) is 4.76. The molecular formula is C19H18F3N5O. The molecule has 0 bridgehead atoms. The van der Waals surface area contributed by atoms with Crippen LogP contribution in [0.1, 0.15) is 23.7 Å². The van der Waals surface area contributed by atoms with Crippen LogP contribution in [-0.4, -0.2) is 45.5 Å². The number of carbonyl (C=O) groups excluding carboxylic acids is 1. The summed E-state index contributed by atoms with van der Waals surface area (Å²) in [5.41, 5.74) is 1.08. The zero-order valence-electron chi connectivity index (χ0n) is 15.0. The van der Waals surface area contributed by atoms with Crippen molar-refractivity contribution in [1.82, 2.24) is 19.7 Å². The van der Waals surface area contributed by atoms with Gasteiger partial charge in [0.2, 0.25) is 0 Å². The molecule has 0 aromatic carbocycles. The Bertz CT molecular complexity index is 1050. The first-order valence-electron chi connectivity index (χ1n) is 8.90. The molecule has 2 N–H and O–H groups in total. The second-order valence-corrected chi connectivity index (χ2v) is 6.75. The van der Waals surface area contributed by atoms with Crippen molar-refractivity contribution in [1.29, 1.82) is 0 Å². The molecule has 146 valence electrons. The largest absolute Gasteiger partial charge is 0.361 e. The normalized spacial score (nSPS) is 19.7. The molecule has 1 aliphatic heterocycles. The van der Waals surface area contributed by atoms with Gasteiger partial charge in [-0.15, -0.1) is 0 Å². The maximum Gasteiger partial charge on any atom is 0.168 e. The summed E-state index contributed by atoms with van der Waals surface area (Å²) in [7, 11) is 0. The van der Waals surface area contributed by atoms with Gasteiger partial charge in [0.25, 0.3) is 0 Å². The SMILES string of the molecule is CC(=O)c1ccn2c(-c3nc(N[C@H]4CNCC[C@@H]4F)c(F)cc3F)cnc2c1. The number of hydrogen-bond donors (Lipinski definition) is 2. The quantitative estimate of drug-likeness (QED) is 0.672. The van der Waals surface area contributed by atoms with Crippen LogP contribution in [0.5, 0.6) is 0 Å². The number of pyridine rings is 2. The minimum Gasteiger partial charge on any atom is -0.361 e. The summed E-state index contributed by atoms with van der Waals surface area (Å²) >= 11 is 0. The first-order valence-corrected chi connectivity index (χ1v) is 8.90. The fourth-order valence-corrected chi connectivity index (χ4v) is 3.27. The van der Waals surface area contributed by atoms with Crippen LogP contribution in [0.2, 0.25) is 0 Å². The molecule has 3 aromatic heterocycles. The molecule has 2 atom stereocenters. The van der Waals surface area contributed by atoms with Crippen molar-refractivity contribution < 1.29 is 18.0 Å². The van der Waals surface area contributed by atoms with Gasteiger partial charge in [0.15, 0.2) is 23.2 Å². The van der Waals surface area contributed by atoms with E-state index < -0.39 is 23.8 Å². The molecule has 0 aliphatic carbocycles. The first-order chi connectivity index (χ1) is 13.4. The molecular weight excluding hydrogens is 371 g/mol. The molecule has 0 spiro atoms. The summed E-state index contributed by atoms with van der Waals surface area (Å²) in [4.78, 5) is 19.8. The maximum absolute atomic E-state index is 14.5. The standard InChI is InChI=1S/C19H18F3N5O/c1-10(28)11-3-5-27-16(9-24-17(27)6-11)18-13(21)7-14(22)19(26-18)25-15-8-23-4-2-12(15)20/h3,5-7,9,12,15,23H,2,4,8H2,1H3,(H,25,26)/t12-,15-/m0/s1. The van der Waals surface area contributed by atoms with Crippen molar-refractivity contribution in [3.8, 4) is 11.4 Å². The van der Waals surface area contributed by atoms with Gasteiger partial charge in [-0.1, -0.05) is 0 Å². The third-order valence-electron chi connectivity index (χ3n) is 4.81. The van der Waals surface area contributed by atoms with Gasteiger partial charge in [-0.05, 0) is 32.0 Å². The molecule has 4 heterocycles. The number of aromatic nitrogens is 3. The van der Waals surface area contributed by atoms with Crippen molar-refractivity contribution >= 4 is 17.2 Å². The zero-order valence-corrected chi connectivity index (χ0v) is 15.0. The summed E-state index contributed by atoms with van der Waals surface area (Å²) in [6.07, 6.45) is 2.12. The molecule has 6 nitrogen and oxygen atoms in total. The highest BCUT2D eigenvalue weighted by Gasteiger charge is 2.26. The molecule has 0 saturated carbocycles. The lowest BCUT2D eigenvalue weighted by Crippen LogP contribution is -2.46. The number of ketones is 1. The third kappa shape index (κ3) is 3.33. The Morgan fingerprint density at radius 1 is 1.32 bits per heavy atom. The van der Waals surface area contributed by atoms with E-state index in [1.807, 2.05) is 0 Å². The van der Waals surface area contributed by atoms with Crippen LogP contribution in [0.4, 0.5) is 19.0 Å². The molecule has 28 heavy (non-hydrogen) atoms. The monoisotopic (exact) mass is 389 g/mol. The highest BCUT2D eigenvalue weighted by Crippen LogP contribution is 2.27. The lowest BCUT2D eigenvalue weighted by Gasteiger charge is -2.28. The van der Waals surface area contributed by atoms with E-state index in [0.29, 0.717) is 36.4 Å². The van der Waals surface area contributed by atoms with E-state index in [1.54, 1.807) is 22.7 Å². The van der Waals surface area contributed by atoms with E-state index >= 15 is 0 Å². The van der Waals surface area contributed by atoms with Gasteiger partial charge < -0.3 is 10.6 Å². The molecule has 0 unspecified atom stereocenters. The molecule has 9 heteroatoms. The average Bonchev–Trinajstić information content (AvgIpc) is 3.08. The molecule has 0 amide bonds. The van der Waals surface area contributed by atoms with E-state index in [0.717, 1.165) is 6.07 Å². The summed E-state index contributed by atoms with van der Waals surface area (Å²) in [6, 6.07) is 3.22. The second-order valence-electron chi connectivity index (χ2n) is 6.75. The second kappa shape index (κ2) is 7.23. The van der Waals surface area contributed by atoms with Crippen LogP contribution in [-0.2, 0) is 0 Å². The highest BCUT2D eigenvalue weighted by molar-refractivity contribution is 5.95. The van der Waals surface area contributed by atoms with E-state index in [4.69, 9.17) is 0 Å². The van der Waals surface area contributed by atoms with Crippen LogP contribution in [0.3, 0.4) is 0 Å². The van der Waals surface area contributed by atoms with E-state index in [2.05, 4.69) is 20.6 Å². The average molecular weight is 389 g/mol. The zero-order chi connectivity index (χ0) is 19.8. The predicted molar refractivity (Wildman–Crippen MR) is 98.1 cm³/mol. The molecule has 1 saturated heterocycles. The Morgan fingerprint density at radius 3 is 2.89 bits per heavy atom. The first kappa shape index (κ1) is 18.4. The van der Waals surface area contributed by atoms with Gasteiger partial charge in [-0.3, -0.25) is 9.20 Å². The number of carbonyl (C=O) groups is 1. The number of alkyl halides is 1. The maximum atomic E-state index is 14.5. The Hall–Kier alpha value is -2.94. The van der Waals surface area contributed by atoms with Crippen molar-refractivity contribution in [2.24, 2.45) is 0 Å². The number of hydrogen-bond acceptors (Lipinski definition) is 5. The Labute approximate surface area is 158 Å². The number of anilines is 1. The fourth-order valence-electron chi connectivity index (χ4n) is 3.27. The molecule has 1 fully saturated rings. The molecule has 4 rings (SSSR count). The minimum atomic E-state index is -1.16. The van der Waals surface area contributed by atoms with Crippen molar-refractivity contribution in [3.05, 3.63) is 47.8 Å². The minimum absolute atomic E-state index is 0.119. The van der Waals surface area contributed by atoms with Crippen molar-refractivity contribution in [2.75, 3.05) is 18.4 Å². The van der Waals surface area contributed by atoms with E-state index in [-0.39, 0.29) is 17.3 Å². The van der Waals surface area contributed by atoms with Crippen molar-refractivity contribution in [2.45, 2.75) is 25.6 Å². The number of nitrogens with one attached hydrogen (secondary N) is 2. The summed E-state index contributed by atoms with van der Waals surface area (Å²) in [5, 5.41) is 5.76. The van der Waals surface area contributed by atoms with Crippen LogP contribution >= 0.6 is 0 Å². The number of Topliss-reactive ketones (excluding diaryl/α,β-unsaturated/α-hetero) is 1. The molecule has 3 aromatic rings. The van der Waals surface area contributed by atoms with Gasteiger partial charge in [0, 0.05) is 24.4 Å². The van der Waals surface area contributed by atoms with Crippen LogP contribution in [0.25, 0.3) is 17.0 Å². The van der Waals surface area contributed by atoms with Crippen LogP contribution in [0.15, 0.2) is 30.6 Å². The van der Waals surface area contributed by atoms with E-state index in [1.165, 1.54) is 13.1 Å². The number of rotatable bonds is 4. The van der Waals surface area contributed by atoms with Gasteiger partial charge in [-0.2, -0.15) is 0 Å². The van der Waals surface area contributed by atoms with Crippen LogP contribution < -0.4 is 10.6 Å². The van der Waals surface area contributed by atoms with Gasteiger partial charge in [0.05, 0.1) is 17.9 Å².